The summed E-state index contributed by atoms with van der Waals surface area (Å²) in [5, 5.41) is 6.81. The highest BCUT2D eigenvalue weighted by molar-refractivity contribution is 14.0. The molecule has 1 aliphatic heterocycles. The Balaban J connectivity index is 0.00000274. The van der Waals surface area contributed by atoms with Crippen LogP contribution < -0.4 is 20.1 Å². The summed E-state index contributed by atoms with van der Waals surface area (Å²) in [4.78, 5) is 9.40. The van der Waals surface area contributed by atoms with E-state index in [9.17, 15) is 0 Å². The van der Waals surface area contributed by atoms with E-state index in [1.165, 1.54) is 0 Å². The quantitative estimate of drug-likeness (QED) is 0.192. The van der Waals surface area contributed by atoms with Gasteiger partial charge in [0.2, 0.25) is 0 Å². The topological polar surface area (TPSA) is 85.3 Å². The molecule has 4 aromatic rings. The zero-order valence-electron chi connectivity index (χ0n) is 18.8. The number of guanidine groups is 1. The number of pyridine rings is 1. The smallest absolute Gasteiger partial charge is 0.195 e. The minimum atomic E-state index is 0. The molecular weight excluding hydrogens is 545 g/mol. The lowest BCUT2D eigenvalue weighted by molar-refractivity contribution is 0.297. The molecule has 8 nitrogen and oxygen atoms in total. The van der Waals surface area contributed by atoms with Gasteiger partial charge >= 0.3 is 0 Å². The summed E-state index contributed by atoms with van der Waals surface area (Å²) in [6.07, 6.45) is 8.13. The first-order valence-electron chi connectivity index (χ1n) is 11.2. The molecule has 1 aromatic carbocycles. The fourth-order valence-corrected chi connectivity index (χ4v) is 3.67. The number of ether oxygens (including phenoxy) is 2. The lowest BCUT2D eigenvalue weighted by Gasteiger charge is -2.14. The van der Waals surface area contributed by atoms with Crippen LogP contribution in [-0.2, 0) is 12.8 Å². The number of furan rings is 1. The van der Waals surface area contributed by atoms with E-state index in [1.807, 2.05) is 59.1 Å². The summed E-state index contributed by atoms with van der Waals surface area (Å²) < 4.78 is 19.0. The first kappa shape index (κ1) is 23.9. The standard InChI is InChI=1S/C25H27N5O3.HI/c1-2-13-30-18-20(28-24(30)6-1)9-11-26-25(27-12-10-21-5-3-14-31-21)29-19-7-8-22-23(17-19)33-16-4-15-32-22;/h1-3,5-8,13-14,17-18H,4,9-12,15-16H2,(H2,26,27,29);1H. The van der Waals surface area contributed by atoms with Gasteiger partial charge < -0.3 is 28.9 Å². The van der Waals surface area contributed by atoms with E-state index >= 15 is 0 Å². The van der Waals surface area contributed by atoms with Crippen LogP contribution in [0.4, 0.5) is 5.69 Å². The van der Waals surface area contributed by atoms with E-state index < -0.39 is 0 Å². The lowest BCUT2D eigenvalue weighted by Crippen LogP contribution is -2.32. The van der Waals surface area contributed by atoms with Crippen molar-refractivity contribution in [1.29, 1.82) is 0 Å². The predicted octanol–water partition coefficient (Wildman–Crippen LogP) is 4.55. The Bertz CT molecular complexity index is 1190. The highest BCUT2D eigenvalue weighted by Gasteiger charge is 2.12. The van der Waals surface area contributed by atoms with Crippen LogP contribution in [0, 0.1) is 0 Å². The minimum Gasteiger partial charge on any atom is -0.490 e. The van der Waals surface area contributed by atoms with Gasteiger partial charge in [-0.2, -0.15) is 0 Å². The van der Waals surface area contributed by atoms with Gasteiger partial charge in [-0.25, -0.2) is 4.98 Å². The molecule has 0 amide bonds. The molecule has 34 heavy (non-hydrogen) atoms. The van der Waals surface area contributed by atoms with E-state index in [2.05, 4.69) is 21.8 Å². The van der Waals surface area contributed by atoms with Crippen molar-refractivity contribution in [3.63, 3.8) is 0 Å². The number of anilines is 1. The Kier molecular flexibility index (Phi) is 8.29. The van der Waals surface area contributed by atoms with Gasteiger partial charge in [0.1, 0.15) is 11.4 Å². The van der Waals surface area contributed by atoms with Gasteiger partial charge in [0.15, 0.2) is 17.5 Å². The molecule has 0 spiro atoms. The van der Waals surface area contributed by atoms with E-state index in [4.69, 9.17) is 18.9 Å². The molecule has 0 unspecified atom stereocenters. The van der Waals surface area contributed by atoms with E-state index in [0.717, 1.165) is 53.6 Å². The zero-order chi connectivity index (χ0) is 22.3. The van der Waals surface area contributed by atoms with Crippen molar-refractivity contribution in [2.24, 2.45) is 4.99 Å². The average Bonchev–Trinajstić information content (AvgIpc) is 3.43. The van der Waals surface area contributed by atoms with E-state index in [0.29, 0.717) is 32.3 Å². The Morgan fingerprint density at radius 3 is 2.79 bits per heavy atom. The number of hydrogen-bond acceptors (Lipinski definition) is 5. The number of nitrogens with zero attached hydrogens (tertiary/aromatic N) is 3. The van der Waals surface area contributed by atoms with Crippen molar-refractivity contribution in [2.75, 3.05) is 31.6 Å². The number of fused-ring (bicyclic) bond motifs is 2. The Morgan fingerprint density at radius 2 is 1.94 bits per heavy atom. The summed E-state index contributed by atoms with van der Waals surface area (Å²) in [6.45, 7) is 2.62. The van der Waals surface area contributed by atoms with Crippen molar-refractivity contribution in [3.05, 3.63) is 78.6 Å². The Morgan fingerprint density at radius 1 is 1.03 bits per heavy atom. The molecule has 2 N–H and O–H groups in total. The van der Waals surface area contributed by atoms with E-state index in [1.54, 1.807) is 6.26 Å². The number of halogens is 1. The van der Waals surface area contributed by atoms with Crippen LogP contribution in [0.25, 0.3) is 5.65 Å². The maximum absolute atomic E-state index is 5.82. The normalized spacial score (nSPS) is 13.2. The molecule has 0 radical (unpaired) electrons. The number of aliphatic imine (C=N–C) groups is 1. The highest BCUT2D eigenvalue weighted by atomic mass is 127. The largest absolute Gasteiger partial charge is 0.490 e. The summed E-state index contributed by atoms with van der Waals surface area (Å²) in [5.41, 5.74) is 2.86. The van der Waals surface area contributed by atoms with Gasteiger partial charge in [-0.15, -0.1) is 24.0 Å². The molecule has 0 aliphatic carbocycles. The second kappa shape index (κ2) is 11.8. The third-order valence-electron chi connectivity index (χ3n) is 5.31. The first-order chi connectivity index (χ1) is 16.3. The molecule has 1 aliphatic rings. The number of imidazole rings is 1. The second-order valence-corrected chi connectivity index (χ2v) is 7.77. The molecule has 0 atom stereocenters. The average molecular weight is 573 g/mol. The van der Waals surface area contributed by atoms with Gasteiger partial charge in [0, 0.05) is 56.5 Å². The van der Waals surface area contributed by atoms with Gasteiger partial charge in [0.25, 0.3) is 0 Å². The molecular formula is C25H28IN5O3. The van der Waals surface area contributed by atoms with Crippen LogP contribution in [0.3, 0.4) is 0 Å². The van der Waals surface area contributed by atoms with Crippen LogP contribution in [0.1, 0.15) is 17.9 Å². The van der Waals surface area contributed by atoms with Gasteiger partial charge in [-0.05, 0) is 36.4 Å². The van der Waals surface area contributed by atoms with Gasteiger partial charge in [0.05, 0.1) is 25.2 Å². The molecule has 9 heteroatoms. The molecule has 0 bridgehead atoms. The molecule has 3 aromatic heterocycles. The van der Waals surface area contributed by atoms with Crippen LogP contribution in [0.5, 0.6) is 11.5 Å². The van der Waals surface area contributed by atoms with Crippen molar-refractivity contribution >= 4 is 41.3 Å². The maximum Gasteiger partial charge on any atom is 0.195 e. The molecule has 0 saturated carbocycles. The van der Waals surface area contributed by atoms with Crippen LogP contribution >= 0.6 is 24.0 Å². The van der Waals surface area contributed by atoms with Crippen LogP contribution in [0.2, 0.25) is 0 Å². The Hall–Kier alpha value is -3.21. The fourth-order valence-electron chi connectivity index (χ4n) is 3.67. The third kappa shape index (κ3) is 6.22. The van der Waals surface area contributed by atoms with Crippen molar-refractivity contribution < 1.29 is 13.9 Å². The molecule has 178 valence electrons. The number of aromatic nitrogens is 2. The van der Waals surface area contributed by atoms with Gasteiger partial charge in [-0.1, -0.05) is 6.07 Å². The highest BCUT2D eigenvalue weighted by Crippen LogP contribution is 2.32. The summed E-state index contributed by atoms with van der Waals surface area (Å²) in [5.74, 6) is 3.13. The van der Waals surface area contributed by atoms with Crippen molar-refractivity contribution in [1.82, 2.24) is 14.7 Å². The third-order valence-corrected chi connectivity index (χ3v) is 5.31. The monoisotopic (exact) mass is 573 g/mol. The van der Waals surface area contributed by atoms with Crippen LogP contribution in [0.15, 0.2) is 76.6 Å². The van der Waals surface area contributed by atoms with Gasteiger partial charge in [-0.3, -0.25) is 4.99 Å². The molecule has 0 fully saturated rings. The summed E-state index contributed by atoms with van der Waals surface area (Å²) in [6, 6.07) is 15.7. The SMILES string of the molecule is I.c1coc(CCN=C(NCCc2cn3ccccc3n2)Nc2ccc3c(c2)OCCCO3)c1. The summed E-state index contributed by atoms with van der Waals surface area (Å²) in [7, 11) is 0. The number of benzene rings is 1. The molecule has 4 heterocycles. The lowest BCUT2D eigenvalue weighted by atomic mass is 10.2. The van der Waals surface area contributed by atoms with Crippen molar-refractivity contribution in [3.8, 4) is 11.5 Å². The van der Waals surface area contributed by atoms with Crippen molar-refractivity contribution in [2.45, 2.75) is 19.3 Å². The minimum absolute atomic E-state index is 0. The van der Waals surface area contributed by atoms with Crippen LogP contribution in [-0.4, -0.2) is 41.6 Å². The predicted molar refractivity (Wildman–Crippen MR) is 143 cm³/mol. The summed E-state index contributed by atoms with van der Waals surface area (Å²) >= 11 is 0. The maximum atomic E-state index is 5.82. The Labute approximate surface area is 215 Å². The number of rotatable bonds is 7. The second-order valence-electron chi connectivity index (χ2n) is 7.77. The van der Waals surface area contributed by atoms with E-state index in [-0.39, 0.29) is 24.0 Å². The number of hydrogen-bond donors (Lipinski definition) is 2. The zero-order valence-corrected chi connectivity index (χ0v) is 21.1. The first-order valence-corrected chi connectivity index (χ1v) is 11.2. The molecule has 5 rings (SSSR count). The fraction of sp³-hybridized carbons (Fsp3) is 0.280. The molecule has 0 saturated heterocycles. The number of nitrogens with one attached hydrogen (secondary N) is 2.